The molecule has 2 aliphatic heterocycles. The SMILES string of the molecule is O=C(c1ccc(F)cc1)C1CCN(CCC2NC=CS2)CC1. The molecule has 2 aliphatic rings. The number of hydrogen-bond acceptors (Lipinski definition) is 4. The third-order valence-electron chi connectivity index (χ3n) is 4.39. The van der Waals surface area contributed by atoms with Gasteiger partial charge in [-0.05, 0) is 62.0 Å². The fourth-order valence-electron chi connectivity index (χ4n) is 3.04. The number of benzene rings is 1. The molecule has 1 saturated heterocycles. The second kappa shape index (κ2) is 7.29. The highest BCUT2D eigenvalue weighted by atomic mass is 32.2. The Morgan fingerprint density at radius 3 is 2.64 bits per heavy atom. The summed E-state index contributed by atoms with van der Waals surface area (Å²) in [7, 11) is 0. The maximum Gasteiger partial charge on any atom is 0.166 e. The topological polar surface area (TPSA) is 32.3 Å². The molecular formula is C17H21FN2OS. The van der Waals surface area contributed by atoms with E-state index in [0.717, 1.165) is 38.9 Å². The Bertz CT molecular complexity index is 530. The minimum absolute atomic E-state index is 0.0855. The van der Waals surface area contributed by atoms with Crippen LogP contribution in [0.3, 0.4) is 0 Å². The molecule has 0 radical (unpaired) electrons. The van der Waals surface area contributed by atoms with Gasteiger partial charge in [-0.15, -0.1) is 11.8 Å². The Morgan fingerprint density at radius 1 is 1.27 bits per heavy atom. The lowest BCUT2D eigenvalue weighted by atomic mass is 9.89. The quantitative estimate of drug-likeness (QED) is 0.844. The molecule has 1 aromatic rings. The Labute approximate surface area is 135 Å². The molecule has 1 aromatic carbocycles. The van der Waals surface area contributed by atoms with E-state index in [1.807, 2.05) is 18.0 Å². The predicted octanol–water partition coefficient (Wildman–Crippen LogP) is 3.24. The average Bonchev–Trinajstić information content (AvgIpc) is 3.07. The van der Waals surface area contributed by atoms with Crippen molar-refractivity contribution in [2.45, 2.75) is 24.6 Å². The van der Waals surface area contributed by atoms with Crippen LogP contribution in [0.25, 0.3) is 0 Å². The van der Waals surface area contributed by atoms with Gasteiger partial charge in [0.25, 0.3) is 0 Å². The van der Waals surface area contributed by atoms with Crippen LogP contribution in [0, 0.1) is 11.7 Å². The van der Waals surface area contributed by atoms with Gasteiger partial charge in [-0.1, -0.05) is 0 Å². The average molecular weight is 320 g/mol. The number of likely N-dealkylation sites (tertiary alicyclic amines) is 1. The van der Waals surface area contributed by atoms with E-state index in [1.165, 1.54) is 12.1 Å². The van der Waals surface area contributed by atoms with Crippen molar-refractivity contribution in [1.82, 2.24) is 10.2 Å². The number of nitrogens with zero attached hydrogens (tertiary/aromatic N) is 1. The molecule has 3 nitrogen and oxygen atoms in total. The summed E-state index contributed by atoms with van der Waals surface area (Å²) in [5, 5.41) is 5.91. The van der Waals surface area contributed by atoms with Gasteiger partial charge in [-0.3, -0.25) is 4.79 Å². The van der Waals surface area contributed by atoms with Crippen molar-refractivity contribution in [1.29, 1.82) is 0 Å². The zero-order valence-electron chi connectivity index (χ0n) is 12.5. The highest BCUT2D eigenvalue weighted by molar-refractivity contribution is 8.02. The van der Waals surface area contributed by atoms with Gasteiger partial charge in [-0.25, -0.2) is 4.39 Å². The number of Topliss-reactive ketones (excluding diaryl/α,β-unsaturated/α-hetero) is 1. The first-order valence-corrected chi connectivity index (χ1v) is 8.75. The Kier molecular flexibility index (Phi) is 5.16. The Balaban J connectivity index is 1.44. The third-order valence-corrected chi connectivity index (χ3v) is 5.38. The van der Waals surface area contributed by atoms with Crippen molar-refractivity contribution < 1.29 is 9.18 Å². The summed E-state index contributed by atoms with van der Waals surface area (Å²) in [4.78, 5) is 14.9. The van der Waals surface area contributed by atoms with E-state index in [4.69, 9.17) is 0 Å². The predicted molar refractivity (Wildman–Crippen MR) is 88.2 cm³/mol. The molecule has 1 unspecified atom stereocenters. The second-order valence-electron chi connectivity index (χ2n) is 5.87. The molecule has 0 saturated carbocycles. The van der Waals surface area contributed by atoms with E-state index in [1.54, 1.807) is 12.1 Å². The minimum Gasteiger partial charge on any atom is -0.378 e. The maximum absolute atomic E-state index is 12.9. The summed E-state index contributed by atoms with van der Waals surface area (Å²) < 4.78 is 12.9. The summed E-state index contributed by atoms with van der Waals surface area (Å²) in [6.45, 7) is 3.02. The van der Waals surface area contributed by atoms with Crippen LogP contribution in [0.2, 0.25) is 0 Å². The second-order valence-corrected chi connectivity index (χ2v) is 6.98. The molecule has 22 heavy (non-hydrogen) atoms. The largest absolute Gasteiger partial charge is 0.378 e. The summed E-state index contributed by atoms with van der Waals surface area (Å²) in [6.07, 6.45) is 4.93. The van der Waals surface area contributed by atoms with E-state index >= 15 is 0 Å². The Morgan fingerprint density at radius 2 is 2.00 bits per heavy atom. The number of nitrogens with one attached hydrogen (secondary N) is 1. The van der Waals surface area contributed by atoms with E-state index in [9.17, 15) is 9.18 Å². The highest BCUT2D eigenvalue weighted by Crippen LogP contribution is 2.24. The van der Waals surface area contributed by atoms with Crippen molar-refractivity contribution >= 4 is 17.5 Å². The lowest BCUT2D eigenvalue weighted by molar-refractivity contribution is 0.0839. The summed E-state index contributed by atoms with van der Waals surface area (Å²) in [5.41, 5.74) is 0.637. The van der Waals surface area contributed by atoms with Crippen LogP contribution in [0.5, 0.6) is 0 Å². The standard InChI is InChI=1S/C17H21FN2OS/c18-15-3-1-13(2-4-15)17(21)14-5-9-20(10-6-14)11-7-16-19-8-12-22-16/h1-4,8,12,14,16,19H,5-7,9-11H2. The van der Waals surface area contributed by atoms with Gasteiger partial charge in [0.05, 0.1) is 5.37 Å². The smallest absolute Gasteiger partial charge is 0.166 e. The van der Waals surface area contributed by atoms with Crippen LogP contribution in [0.15, 0.2) is 35.9 Å². The first-order valence-electron chi connectivity index (χ1n) is 7.81. The number of halogens is 1. The molecule has 0 aliphatic carbocycles. The number of hydrogen-bond donors (Lipinski definition) is 1. The molecule has 0 amide bonds. The van der Waals surface area contributed by atoms with Gasteiger partial charge in [-0.2, -0.15) is 0 Å². The number of ketones is 1. The van der Waals surface area contributed by atoms with Crippen molar-refractivity contribution in [3.63, 3.8) is 0 Å². The van der Waals surface area contributed by atoms with Gasteiger partial charge in [0.15, 0.2) is 5.78 Å². The highest BCUT2D eigenvalue weighted by Gasteiger charge is 2.26. The molecule has 1 fully saturated rings. The number of carbonyl (C=O) groups excluding carboxylic acids is 1. The number of piperidine rings is 1. The first kappa shape index (κ1) is 15.6. The summed E-state index contributed by atoms with van der Waals surface area (Å²) >= 11 is 1.83. The van der Waals surface area contributed by atoms with Crippen molar-refractivity contribution in [3.05, 3.63) is 47.3 Å². The zero-order valence-corrected chi connectivity index (χ0v) is 13.3. The fourth-order valence-corrected chi connectivity index (χ4v) is 3.79. The third kappa shape index (κ3) is 3.90. The van der Waals surface area contributed by atoms with Gasteiger partial charge in [0, 0.05) is 24.2 Å². The van der Waals surface area contributed by atoms with E-state index in [2.05, 4.69) is 15.6 Å². The van der Waals surface area contributed by atoms with Gasteiger partial charge in [0.2, 0.25) is 0 Å². The van der Waals surface area contributed by atoms with Crippen molar-refractivity contribution in [2.24, 2.45) is 5.92 Å². The first-order chi connectivity index (χ1) is 10.7. The maximum atomic E-state index is 12.9. The molecule has 5 heteroatoms. The van der Waals surface area contributed by atoms with Gasteiger partial charge < -0.3 is 10.2 Å². The Hall–Kier alpha value is -1.33. The summed E-state index contributed by atoms with van der Waals surface area (Å²) in [5.74, 6) is -0.0431. The van der Waals surface area contributed by atoms with Crippen LogP contribution >= 0.6 is 11.8 Å². The molecule has 3 rings (SSSR count). The van der Waals surface area contributed by atoms with Crippen LogP contribution < -0.4 is 5.32 Å². The van der Waals surface area contributed by atoms with Crippen LogP contribution in [0.4, 0.5) is 4.39 Å². The molecule has 0 bridgehead atoms. The van der Waals surface area contributed by atoms with Crippen LogP contribution in [-0.2, 0) is 0 Å². The number of carbonyl (C=O) groups is 1. The molecule has 1 atom stereocenters. The van der Waals surface area contributed by atoms with Crippen LogP contribution in [-0.4, -0.2) is 35.7 Å². The molecular weight excluding hydrogens is 299 g/mol. The van der Waals surface area contributed by atoms with Gasteiger partial charge >= 0.3 is 0 Å². The molecule has 0 spiro atoms. The molecule has 0 aromatic heterocycles. The van der Waals surface area contributed by atoms with Gasteiger partial charge in [0.1, 0.15) is 5.82 Å². The molecule has 118 valence electrons. The normalized spacial score (nSPS) is 22.7. The van der Waals surface area contributed by atoms with E-state index < -0.39 is 0 Å². The molecule has 1 N–H and O–H groups in total. The monoisotopic (exact) mass is 320 g/mol. The number of rotatable bonds is 5. The minimum atomic E-state index is -0.292. The summed E-state index contributed by atoms with van der Waals surface area (Å²) in [6, 6.07) is 5.92. The molecule has 2 heterocycles. The van der Waals surface area contributed by atoms with E-state index in [0.29, 0.717) is 10.9 Å². The lowest BCUT2D eigenvalue weighted by Crippen LogP contribution is -2.38. The lowest BCUT2D eigenvalue weighted by Gasteiger charge is -2.31. The van der Waals surface area contributed by atoms with Crippen LogP contribution in [0.1, 0.15) is 29.6 Å². The fraction of sp³-hybridized carbons (Fsp3) is 0.471. The van der Waals surface area contributed by atoms with Crippen molar-refractivity contribution in [3.8, 4) is 0 Å². The van der Waals surface area contributed by atoms with E-state index in [-0.39, 0.29) is 17.5 Å². The van der Waals surface area contributed by atoms with Crippen molar-refractivity contribution in [2.75, 3.05) is 19.6 Å². The zero-order chi connectivity index (χ0) is 15.4. The number of thioether (sulfide) groups is 1.